The van der Waals surface area contributed by atoms with Crippen molar-refractivity contribution < 1.29 is 29.7 Å². The minimum absolute atomic E-state index is 0.536. The molecule has 0 amide bonds. The van der Waals surface area contributed by atoms with Crippen molar-refractivity contribution in [1.29, 1.82) is 0 Å². The van der Waals surface area contributed by atoms with Crippen LogP contribution in [0.15, 0.2) is 24.7 Å². The second-order valence-corrected chi connectivity index (χ2v) is 9.05. The maximum absolute atomic E-state index is 10.7. The molecule has 27 heavy (non-hydrogen) atoms. The molecule has 0 saturated heterocycles. The van der Waals surface area contributed by atoms with E-state index in [9.17, 15) is 25.2 Å². The number of hydrogen-bond donors (Lipinski definition) is 1. The van der Waals surface area contributed by atoms with Crippen LogP contribution in [0.5, 0.6) is 0 Å². The van der Waals surface area contributed by atoms with Gasteiger partial charge >= 0.3 is 33.0 Å². The molecule has 10 heteroatoms. The molecule has 2 aromatic rings. The summed E-state index contributed by atoms with van der Waals surface area (Å²) < 4.78 is 61.7. The zero-order valence-electron chi connectivity index (χ0n) is 16.0. The van der Waals surface area contributed by atoms with Gasteiger partial charge in [0.2, 0.25) is 0 Å². The molecule has 0 aliphatic heterocycles. The van der Waals surface area contributed by atoms with Crippen LogP contribution in [0.2, 0.25) is 0 Å². The zero-order valence-corrected chi connectivity index (χ0v) is 16.9. The molecular weight excluding hydrogens is 391 g/mol. The molecule has 0 radical (unpaired) electrons. The van der Waals surface area contributed by atoms with Crippen molar-refractivity contribution in [3.05, 3.63) is 47.3 Å². The predicted octanol–water partition coefficient (Wildman–Crippen LogP) is 6.88. The van der Waals surface area contributed by atoms with Crippen LogP contribution in [-0.2, 0) is 13.0 Å². The molecule has 3 nitrogen and oxygen atoms in total. The molecule has 0 aliphatic rings. The summed E-state index contributed by atoms with van der Waals surface area (Å²) in [6.45, 7) is 12.3. The number of nitrogens with one attached hydrogen (secondary N) is 1. The fraction of sp³-hybridized carbons (Fsp3) is 0.529. The van der Waals surface area contributed by atoms with Crippen molar-refractivity contribution in [3.63, 3.8) is 0 Å². The van der Waals surface area contributed by atoms with Crippen LogP contribution < -0.4 is 4.57 Å². The molecule has 2 rings (SSSR count). The summed E-state index contributed by atoms with van der Waals surface area (Å²) in [5.74, 6) is 1.07. The fourth-order valence-electron chi connectivity index (χ4n) is 2.68. The van der Waals surface area contributed by atoms with Gasteiger partial charge in [0.05, 0.1) is 6.33 Å². The van der Waals surface area contributed by atoms with Gasteiger partial charge in [-0.15, -0.1) is 0 Å². The van der Waals surface area contributed by atoms with Crippen LogP contribution in [0.1, 0.15) is 62.2 Å². The van der Waals surface area contributed by atoms with Gasteiger partial charge in [0.15, 0.2) is 17.9 Å². The normalized spacial score (nSPS) is 14.6. The summed E-state index contributed by atoms with van der Waals surface area (Å²) in [7, 11) is -10.7. The summed E-state index contributed by atoms with van der Waals surface area (Å²) in [5.41, 5.74) is 5.40. The number of nitrogens with zero attached hydrogens (tertiary/aromatic N) is 2. The molecule has 156 valence electrons. The van der Waals surface area contributed by atoms with Crippen molar-refractivity contribution in [3.8, 4) is 0 Å². The van der Waals surface area contributed by atoms with E-state index < -0.39 is 7.81 Å². The molecule has 0 aliphatic carbocycles. The Hall–Kier alpha value is -1.63. The molecule has 0 unspecified atom stereocenters. The van der Waals surface area contributed by atoms with Crippen LogP contribution in [0.3, 0.4) is 0 Å². The first kappa shape index (κ1) is 23.4. The van der Waals surface area contributed by atoms with Crippen LogP contribution in [0.25, 0.3) is 0 Å². The molecule has 0 saturated carbocycles. The number of H-pyrrole nitrogens is 1. The SMILES string of the molecule is Cc1cc(C(C)C)[n+](CCc2cnc[nH]2)c(C(C)C)c1.F[P-](F)(F)(F)(F)F. The molecule has 0 atom stereocenters. The van der Waals surface area contributed by atoms with Crippen LogP contribution >= 0.6 is 7.81 Å². The van der Waals surface area contributed by atoms with Crippen LogP contribution in [-0.4, -0.2) is 9.97 Å². The van der Waals surface area contributed by atoms with E-state index in [1.165, 1.54) is 22.6 Å². The Balaban J connectivity index is 0.000000445. The number of aromatic nitrogens is 3. The Labute approximate surface area is 155 Å². The summed E-state index contributed by atoms with van der Waals surface area (Å²) in [6.07, 6.45) is 4.66. The van der Waals surface area contributed by atoms with Gasteiger partial charge in [0.1, 0.15) is 0 Å². The fourth-order valence-corrected chi connectivity index (χ4v) is 2.68. The average Bonchev–Trinajstić information content (AvgIpc) is 2.94. The van der Waals surface area contributed by atoms with E-state index in [0.717, 1.165) is 13.0 Å². The standard InChI is InChI=1S/C17H26N3.F6P/c1-12(2)16-8-14(5)9-17(13(3)4)20(16)7-6-15-10-18-11-19-15;1-7(2,3,4,5)6/h8-13H,6-7H2,1-5H3,(H,18,19);/q+1;-1. The Kier molecular flexibility index (Phi) is 6.43. The average molecular weight is 417 g/mol. The third-order valence-electron chi connectivity index (χ3n) is 3.72. The van der Waals surface area contributed by atoms with Gasteiger partial charge in [-0.05, 0) is 12.5 Å². The van der Waals surface area contributed by atoms with Gasteiger partial charge in [-0.25, -0.2) is 4.98 Å². The molecule has 0 bridgehead atoms. The maximum atomic E-state index is 9.87. The number of hydrogen-bond acceptors (Lipinski definition) is 1. The van der Waals surface area contributed by atoms with Gasteiger partial charge in [0.25, 0.3) is 0 Å². The van der Waals surface area contributed by atoms with E-state index in [0.29, 0.717) is 11.8 Å². The predicted molar refractivity (Wildman–Crippen MR) is 95.4 cm³/mol. The van der Waals surface area contributed by atoms with Crippen LogP contribution in [0.4, 0.5) is 25.2 Å². The zero-order chi connectivity index (χ0) is 21.1. The topological polar surface area (TPSA) is 32.6 Å². The second kappa shape index (κ2) is 7.41. The van der Waals surface area contributed by atoms with Crippen molar-refractivity contribution in [2.45, 2.75) is 59.4 Å². The van der Waals surface area contributed by atoms with Crippen molar-refractivity contribution in [2.75, 3.05) is 0 Å². The third kappa shape index (κ3) is 10.3. The Morgan fingerprint density at radius 3 is 1.74 bits per heavy atom. The monoisotopic (exact) mass is 417 g/mol. The van der Waals surface area contributed by atoms with Gasteiger partial charge in [-0.2, -0.15) is 4.57 Å². The molecular formula is C17H26F6N3P. The summed E-state index contributed by atoms with van der Waals surface area (Å²) in [6, 6.07) is 4.65. The summed E-state index contributed by atoms with van der Waals surface area (Å²) in [4.78, 5) is 7.29. The Bertz CT molecular complexity index is 712. The number of aromatic amines is 1. The van der Waals surface area contributed by atoms with Gasteiger partial charge in [-0.3, -0.25) is 0 Å². The molecule has 2 heterocycles. The van der Waals surface area contributed by atoms with Crippen molar-refractivity contribution in [1.82, 2.24) is 9.97 Å². The number of aryl methyl sites for hydroxylation is 2. The van der Waals surface area contributed by atoms with Gasteiger partial charge in [0, 0.05) is 42.3 Å². The molecule has 0 fully saturated rings. The number of rotatable bonds is 5. The number of halogens is 6. The number of pyridine rings is 1. The third-order valence-corrected chi connectivity index (χ3v) is 3.72. The molecule has 2 aromatic heterocycles. The van der Waals surface area contributed by atoms with E-state index in [-0.39, 0.29) is 0 Å². The summed E-state index contributed by atoms with van der Waals surface area (Å²) >= 11 is 0. The van der Waals surface area contributed by atoms with E-state index in [4.69, 9.17) is 0 Å². The van der Waals surface area contributed by atoms with E-state index in [1.807, 2.05) is 6.20 Å². The van der Waals surface area contributed by atoms with Crippen molar-refractivity contribution >= 4 is 7.81 Å². The minimum atomic E-state index is -10.7. The molecule has 1 N–H and O–H groups in total. The Morgan fingerprint density at radius 2 is 1.41 bits per heavy atom. The summed E-state index contributed by atoms with van der Waals surface area (Å²) in [5, 5.41) is 0. The van der Waals surface area contributed by atoms with Gasteiger partial charge < -0.3 is 4.98 Å². The second-order valence-electron chi connectivity index (χ2n) is 7.13. The van der Waals surface area contributed by atoms with E-state index in [2.05, 4.69) is 61.3 Å². The molecule has 0 aromatic carbocycles. The molecule has 0 spiro atoms. The van der Waals surface area contributed by atoms with Gasteiger partial charge in [-0.1, -0.05) is 27.7 Å². The first-order valence-electron chi connectivity index (χ1n) is 8.52. The van der Waals surface area contributed by atoms with E-state index in [1.54, 1.807) is 6.33 Å². The first-order chi connectivity index (χ1) is 11.9. The van der Waals surface area contributed by atoms with Crippen LogP contribution in [0, 0.1) is 6.92 Å². The van der Waals surface area contributed by atoms with Crippen molar-refractivity contribution in [2.24, 2.45) is 0 Å². The first-order valence-corrected chi connectivity index (χ1v) is 10.5. The quantitative estimate of drug-likeness (QED) is 0.321. The van der Waals surface area contributed by atoms with E-state index >= 15 is 0 Å². The Morgan fingerprint density at radius 1 is 0.963 bits per heavy atom. The number of imidazole rings is 1.